The van der Waals surface area contributed by atoms with Crippen LogP contribution in [0.1, 0.15) is 52.4 Å². The highest BCUT2D eigenvalue weighted by Crippen LogP contribution is 2.51. The first kappa shape index (κ1) is 23.0. The summed E-state index contributed by atoms with van der Waals surface area (Å²) in [6, 6.07) is 0.240. The number of guanidine groups is 1. The number of nitrogens with one attached hydrogen (secondary N) is 2. The van der Waals surface area contributed by atoms with Crippen molar-refractivity contribution in [2.75, 3.05) is 20.2 Å². The van der Waals surface area contributed by atoms with Crippen LogP contribution >= 0.6 is 24.0 Å². The molecule has 2 aliphatic carbocycles. The molecule has 0 radical (unpaired) electrons. The number of halogens is 4. The number of nitrogens with zero attached hydrogens (tertiary/aromatic N) is 1. The molecule has 5 unspecified atom stereocenters. The summed E-state index contributed by atoms with van der Waals surface area (Å²) < 4.78 is 45.7. The SMILES string of the molecule is CN=C(NCC1CCCCC1C(F)(F)F)NC1C2CCCOC2C1(C)C.I. The molecule has 2 saturated carbocycles. The van der Waals surface area contributed by atoms with Crippen molar-refractivity contribution >= 4 is 29.9 Å². The summed E-state index contributed by atoms with van der Waals surface area (Å²) in [6.45, 7) is 5.52. The van der Waals surface area contributed by atoms with Crippen molar-refractivity contribution < 1.29 is 17.9 Å². The van der Waals surface area contributed by atoms with Crippen molar-refractivity contribution in [3.05, 3.63) is 0 Å². The standard InChI is InChI=1S/C19H32F3N3O.HI/c1-18(2)15(13-8-6-10-26-16(13)18)25-17(23-3)24-11-12-7-4-5-9-14(12)19(20,21)22;/h12-16H,4-11H2,1-3H3,(H2,23,24,25);1H. The lowest BCUT2D eigenvalue weighted by atomic mass is 9.55. The topological polar surface area (TPSA) is 45.7 Å². The predicted octanol–water partition coefficient (Wildman–Crippen LogP) is 4.34. The molecule has 0 aromatic rings. The Morgan fingerprint density at radius 1 is 1.15 bits per heavy atom. The number of aliphatic imine (C=N–C) groups is 1. The molecule has 0 bridgehead atoms. The van der Waals surface area contributed by atoms with Crippen molar-refractivity contribution in [1.29, 1.82) is 0 Å². The normalized spacial score (nSPS) is 36.1. The van der Waals surface area contributed by atoms with Crippen LogP contribution in [0.15, 0.2) is 4.99 Å². The Morgan fingerprint density at radius 3 is 2.52 bits per heavy atom. The van der Waals surface area contributed by atoms with Gasteiger partial charge in [0.2, 0.25) is 0 Å². The zero-order valence-corrected chi connectivity index (χ0v) is 18.8. The maximum atomic E-state index is 13.3. The van der Waals surface area contributed by atoms with E-state index in [1.54, 1.807) is 7.05 Å². The van der Waals surface area contributed by atoms with E-state index in [0.717, 1.165) is 25.9 Å². The molecule has 0 amide bonds. The van der Waals surface area contributed by atoms with Gasteiger partial charge in [0.15, 0.2) is 5.96 Å². The van der Waals surface area contributed by atoms with Gasteiger partial charge in [-0.05, 0) is 31.6 Å². The largest absolute Gasteiger partial charge is 0.392 e. The first-order valence-corrected chi connectivity index (χ1v) is 9.90. The van der Waals surface area contributed by atoms with Gasteiger partial charge in [-0.25, -0.2) is 0 Å². The second-order valence-electron chi connectivity index (χ2n) is 8.69. The maximum Gasteiger partial charge on any atom is 0.392 e. The zero-order valence-electron chi connectivity index (χ0n) is 16.4. The Hall–Kier alpha value is -0.250. The molecule has 1 heterocycles. The highest BCUT2D eigenvalue weighted by Gasteiger charge is 2.58. The van der Waals surface area contributed by atoms with Crippen LogP contribution in [0.25, 0.3) is 0 Å². The minimum atomic E-state index is -4.10. The van der Waals surface area contributed by atoms with E-state index in [0.29, 0.717) is 31.3 Å². The summed E-state index contributed by atoms with van der Waals surface area (Å²) in [5.41, 5.74) is 0.00203. The van der Waals surface area contributed by atoms with Gasteiger partial charge in [-0.1, -0.05) is 26.7 Å². The predicted molar refractivity (Wildman–Crippen MR) is 111 cm³/mol. The number of alkyl halides is 3. The molecule has 3 rings (SSSR count). The summed E-state index contributed by atoms with van der Waals surface area (Å²) in [7, 11) is 1.68. The van der Waals surface area contributed by atoms with Crippen LogP contribution in [0.2, 0.25) is 0 Å². The highest BCUT2D eigenvalue weighted by molar-refractivity contribution is 14.0. The molecule has 2 N–H and O–H groups in total. The summed E-state index contributed by atoms with van der Waals surface area (Å²) >= 11 is 0. The Bertz CT molecular complexity index is 527. The first-order chi connectivity index (χ1) is 12.2. The fourth-order valence-corrected chi connectivity index (χ4v) is 5.27. The van der Waals surface area contributed by atoms with Gasteiger partial charge in [-0.15, -0.1) is 24.0 Å². The molecule has 1 saturated heterocycles. The van der Waals surface area contributed by atoms with E-state index in [9.17, 15) is 13.2 Å². The van der Waals surface area contributed by atoms with E-state index < -0.39 is 12.1 Å². The third kappa shape index (κ3) is 4.85. The molecule has 3 fully saturated rings. The van der Waals surface area contributed by atoms with E-state index in [1.165, 1.54) is 0 Å². The van der Waals surface area contributed by atoms with E-state index in [-0.39, 0.29) is 53.9 Å². The molecule has 1 aliphatic heterocycles. The van der Waals surface area contributed by atoms with Gasteiger partial charge in [0.1, 0.15) is 0 Å². The van der Waals surface area contributed by atoms with Crippen molar-refractivity contribution in [2.45, 2.75) is 70.7 Å². The van der Waals surface area contributed by atoms with E-state index >= 15 is 0 Å². The molecule has 8 heteroatoms. The lowest BCUT2D eigenvalue weighted by Crippen LogP contribution is -2.71. The second-order valence-corrected chi connectivity index (χ2v) is 8.69. The number of fused-ring (bicyclic) bond motifs is 1. The molecular weight excluding hydrogens is 470 g/mol. The Balaban J connectivity index is 0.00000261. The number of hydrogen-bond donors (Lipinski definition) is 2. The number of hydrogen-bond acceptors (Lipinski definition) is 2. The zero-order chi connectivity index (χ0) is 18.9. The summed E-state index contributed by atoms with van der Waals surface area (Å²) in [5, 5.41) is 6.64. The molecular formula is C19H33F3IN3O. The van der Waals surface area contributed by atoms with Crippen LogP contribution in [-0.2, 0) is 4.74 Å². The van der Waals surface area contributed by atoms with E-state index in [1.807, 2.05) is 0 Å². The van der Waals surface area contributed by atoms with Crippen molar-refractivity contribution in [3.63, 3.8) is 0 Å². The third-order valence-corrected chi connectivity index (χ3v) is 6.71. The van der Waals surface area contributed by atoms with Crippen molar-refractivity contribution in [3.8, 4) is 0 Å². The van der Waals surface area contributed by atoms with Gasteiger partial charge in [0.25, 0.3) is 0 Å². The first-order valence-electron chi connectivity index (χ1n) is 9.90. The van der Waals surface area contributed by atoms with Gasteiger partial charge in [-0.2, -0.15) is 13.2 Å². The summed E-state index contributed by atoms with van der Waals surface area (Å²) in [5.74, 6) is -0.505. The third-order valence-electron chi connectivity index (χ3n) is 6.71. The van der Waals surface area contributed by atoms with Crippen LogP contribution in [0.3, 0.4) is 0 Å². The van der Waals surface area contributed by atoms with Gasteiger partial charge < -0.3 is 15.4 Å². The highest BCUT2D eigenvalue weighted by atomic mass is 127. The second kappa shape index (κ2) is 9.05. The summed E-state index contributed by atoms with van der Waals surface area (Å²) in [4.78, 5) is 4.26. The average molecular weight is 503 g/mol. The van der Waals surface area contributed by atoms with Crippen LogP contribution in [0.5, 0.6) is 0 Å². The number of ether oxygens (including phenoxy) is 1. The molecule has 0 aromatic carbocycles. The van der Waals surface area contributed by atoms with Gasteiger partial charge in [0, 0.05) is 37.6 Å². The molecule has 158 valence electrons. The van der Waals surface area contributed by atoms with Crippen molar-refractivity contribution in [2.24, 2.45) is 28.2 Å². The maximum absolute atomic E-state index is 13.3. The van der Waals surface area contributed by atoms with Crippen LogP contribution < -0.4 is 10.6 Å². The Labute approximate surface area is 177 Å². The Kier molecular flexibility index (Phi) is 7.72. The molecule has 0 spiro atoms. The van der Waals surface area contributed by atoms with E-state index in [2.05, 4.69) is 29.5 Å². The quantitative estimate of drug-likeness (QED) is 0.342. The van der Waals surface area contributed by atoms with E-state index in [4.69, 9.17) is 4.74 Å². The minimum Gasteiger partial charge on any atom is -0.377 e. The van der Waals surface area contributed by atoms with Crippen molar-refractivity contribution in [1.82, 2.24) is 10.6 Å². The number of rotatable bonds is 3. The monoisotopic (exact) mass is 503 g/mol. The average Bonchev–Trinajstić information content (AvgIpc) is 2.61. The minimum absolute atomic E-state index is 0. The summed E-state index contributed by atoms with van der Waals surface area (Å²) in [6.07, 6.45) is 0.777. The fourth-order valence-electron chi connectivity index (χ4n) is 5.27. The lowest BCUT2D eigenvalue weighted by Gasteiger charge is -2.60. The smallest absolute Gasteiger partial charge is 0.377 e. The van der Waals surface area contributed by atoms with Gasteiger partial charge >= 0.3 is 6.18 Å². The Morgan fingerprint density at radius 2 is 1.85 bits per heavy atom. The lowest BCUT2D eigenvalue weighted by molar-refractivity contribution is -0.195. The van der Waals surface area contributed by atoms with Crippen LogP contribution in [-0.4, -0.2) is 44.5 Å². The van der Waals surface area contributed by atoms with Gasteiger partial charge in [0.05, 0.1) is 12.0 Å². The molecule has 5 atom stereocenters. The van der Waals surface area contributed by atoms with Gasteiger partial charge in [-0.3, -0.25) is 4.99 Å². The molecule has 3 aliphatic rings. The molecule has 0 aromatic heterocycles. The fraction of sp³-hybridized carbons (Fsp3) is 0.947. The van der Waals surface area contributed by atoms with Crippen LogP contribution in [0, 0.1) is 23.2 Å². The van der Waals surface area contributed by atoms with Crippen LogP contribution in [0.4, 0.5) is 13.2 Å². The molecule has 4 nitrogen and oxygen atoms in total. The molecule has 27 heavy (non-hydrogen) atoms.